The van der Waals surface area contributed by atoms with Gasteiger partial charge >= 0.3 is 0 Å². The van der Waals surface area contributed by atoms with Gasteiger partial charge in [-0.05, 0) is 50.3 Å². The van der Waals surface area contributed by atoms with Crippen LogP contribution in [-0.2, 0) is 11.2 Å². The SMILES string of the molecule is CC(C)(O)C(=O)N1CC[C@@H](Cc2cccc(Cl)c2)C1. The van der Waals surface area contributed by atoms with Crippen LogP contribution < -0.4 is 0 Å². The summed E-state index contributed by atoms with van der Waals surface area (Å²) in [5.41, 5.74) is -0.0691. The highest BCUT2D eigenvalue weighted by molar-refractivity contribution is 6.30. The van der Waals surface area contributed by atoms with E-state index in [1.54, 1.807) is 18.7 Å². The number of carbonyl (C=O) groups is 1. The van der Waals surface area contributed by atoms with E-state index in [-0.39, 0.29) is 5.91 Å². The lowest BCUT2D eigenvalue weighted by atomic mass is 9.99. The Bertz CT molecular complexity index is 467. The van der Waals surface area contributed by atoms with Gasteiger partial charge in [0.05, 0.1) is 0 Å². The van der Waals surface area contributed by atoms with Crippen LogP contribution in [0.1, 0.15) is 25.8 Å². The van der Waals surface area contributed by atoms with Crippen LogP contribution in [0.15, 0.2) is 24.3 Å². The van der Waals surface area contributed by atoms with E-state index in [1.165, 1.54) is 5.56 Å². The van der Waals surface area contributed by atoms with Crippen molar-refractivity contribution in [1.29, 1.82) is 0 Å². The van der Waals surface area contributed by atoms with E-state index in [1.807, 2.05) is 18.2 Å². The van der Waals surface area contributed by atoms with Crippen LogP contribution in [-0.4, -0.2) is 34.6 Å². The first-order chi connectivity index (χ1) is 8.86. The number of hydrogen-bond donors (Lipinski definition) is 1. The lowest BCUT2D eigenvalue weighted by Crippen LogP contribution is -2.44. The predicted octanol–water partition coefficient (Wildman–Crippen LogP) is 2.50. The molecule has 1 aliphatic heterocycles. The van der Waals surface area contributed by atoms with Gasteiger partial charge in [0.15, 0.2) is 0 Å². The summed E-state index contributed by atoms with van der Waals surface area (Å²) in [4.78, 5) is 13.7. The minimum absolute atomic E-state index is 0.180. The first kappa shape index (κ1) is 14.4. The molecule has 1 N–H and O–H groups in total. The third-order valence-electron chi connectivity index (χ3n) is 3.51. The third-order valence-corrected chi connectivity index (χ3v) is 3.74. The molecule has 104 valence electrons. The second kappa shape index (κ2) is 5.51. The minimum Gasteiger partial charge on any atom is -0.381 e. The molecule has 1 aromatic carbocycles. The largest absolute Gasteiger partial charge is 0.381 e. The van der Waals surface area contributed by atoms with Crippen molar-refractivity contribution in [3.63, 3.8) is 0 Å². The monoisotopic (exact) mass is 281 g/mol. The van der Waals surface area contributed by atoms with E-state index >= 15 is 0 Å². The maximum absolute atomic E-state index is 12.0. The van der Waals surface area contributed by atoms with E-state index in [9.17, 15) is 9.90 Å². The molecule has 1 saturated heterocycles. The number of benzene rings is 1. The number of aliphatic hydroxyl groups is 1. The van der Waals surface area contributed by atoms with Crippen molar-refractivity contribution in [1.82, 2.24) is 4.90 Å². The quantitative estimate of drug-likeness (QED) is 0.925. The van der Waals surface area contributed by atoms with Gasteiger partial charge in [-0.25, -0.2) is 0 Å². The lowest BCUT2D eigenvalue weighted by molar-refractivity contribution is -0.146. The number of carbonyl (C=O) groups excluding carboxylic acids is 1. The van der Waals surface area contributed by atoms with Gasteiger partial charge in [-0.1, -0.05) is 23.7 Å². The molecule has 1 amide bonds. The first-order valence-corrected chi connectivity index (χ1v) is 7.00. The molecule has 19 heavy (non-hydrogen) atoms. The zero-order valence-electron chi connectivity index (χ0n) is 11.4. The zero-order chi connectivity index (χ0) is 14.0. The molecule has 4 heteroatoms. The maximum Gasteiger partial charge on any atom is 0.253 e. The summed E-state index contributed by atoms with van der Waals surface area (Å²) >= 11 is 5.97. The molecule has 2 rings (SSSR count). The normalized spacial score (nSPS) is 19.8. The van der Waals surface area contributed by atoms with Gasteiger partial charge in [0.1, 0.15) is 5.60 Å². The van der Waals surface area contributed by atoms with Crippen molar-refractivity contribution in [2.45, 2.75) is 32.3 Å². The fraction of sp³-hybridized carbons (Fsp3) is 0.533. The number of likely N-dealkylation sites (tertiary alicyclic amines) is 1. The summed E-state index contributed by atoms with van der Waals surface area (Å²) < 4.78 is 0. The average molecular weight is 282 g/mol. The lowest BCUT2D eigenvalue weighted by Gasteiger charge is -2.24. The van der Waals surface area contributed by atoms with Crippen molar-refractivity contribution >= 4 is 17.5 Å². The van der Waals surface area contributed by atoms with E-state index in [0.717, 1.165) is 31.0 Å². The molecule has 0 spiro atoms. The van der Waals surface area contributed by atoms with Crippen molar-refractivity contribution < 1.29 is 9.90 Å². The number of rotatable bonds is 3. The predicted molar refractivity (Wildman–Crippen MR) is 76.1 cm³/mol. The Balaban J connectivity index is 1.94. The van der Waals surface area contributed by atoms with E-state index in [0.29, 0.717) is 5.92 Å². The second-order valence-electron chi connectivity index (χ2n) is 5.80. The standard InChI is InChI=1S/C15H20ClNO2/c1-15(2,19)14(18)17-7-6-12(10-17)8-11-4-3-5-13(16)9-11/h3-5,9,12,19H,6-8,10H2,1-2H3/t12-/m0/s1. The molecule has 1 aromatic rings. The van der Waals surface area contributed by atoms with Gasteiger partial charge < -0.3 is 10.0 Å². The Morgan fingerprint density at radius 1 is 1.53 bits per heavy atom. The Labute approximate surface area is 119 Å². The van der Waals surface area contributed by atoms with Crippen molar-refractivity contribution in [2.75, 3.05) is 13.1 Å². The summed E-state index contributed by atoms with van der Waals surface area (Å²) in [6, 6.07) is 7.85. The third kappa shape index (κ3) is 3.71. The van der Waals surface area contributed by atoms with Crippen molar-refractivity contribution in [2.24, 2.45) is 5.92 Å². The molecule has 0 aliphatic carbocycles. The molecule has 1 heterocycles. The molecule has 0 unspecified atom stereocenters. The molecule has 1 aliphatic rings. The molecule has 3 nitrogen and oxygen atoms in total. The summed E-state index contributed by atoms with van der Waals surface area (Å²) in [6.07, 6.45) is 1.91. The number of nitrogens with zero attached hydrogens (tertiary/aromatic N) is 1. The van der Waals surface area contributed by atoms with Crippen molar-refractivity contribution in [3.8, 4) is 0 Å². The highest BCUT2D eigenvalue weighted by Crippen LogP contribution is 2.24. The van der Waals surface area contributed by atoms with Crippen LogP contribution >= 0.6 is 11.6 Å². The first-order valence-electron chi connectivity index (χ1n) is 6.62. The van der Waals surface area contributed by atoms with Gasteiger partial charge in [0.25, 0.3) is 5.91 Å². The van der Waals surface area contributed by atoms with Gasteiger partial charge in [0.2, 0.25) is 0 Å². The molecular weight excluding hydrogens is 262 g/mol. The summed E-state index contributed by atoms with van der Waals surface area (Å²) in [6.45, 7) is 4.53. The Morgan fingerprint density at radius 2 is 2.26 bits per heavy atom. The summed E-state index contributed by atoms with van der Waals surface area (Å²) in [5, 5.41) is 10.5. The summed E-state index contributed by atoms with van der Waals surface area (Å²) in [7, 11) is 0. The average Bonchev–Trinajstić information content (AvgIpc) is 2.75. The Hall–Kier alpha value is -1.06. The second-order valence-corrected chi connectivity index (χ2v) is 6.24. The summed E-state index contributed by atoms with van der Waals surface area (Å²) in [5.74, 6) is 0.269. The van der Waals surface area contributed by atoms with Crippen LogP contribution in [0, 0.1) is 5.92 Å². The molecule has 0 bridgehead atoms. The zero-order valence-corrected chi connectivity index (χ0v) is 12.2. The van der Waals surface area contributed by atoms with E-state index < -0.39 is 5.60 Å². The van der Waals surface area contributed by atoms with E-state index in [4.69, 9.17) is 11.6 Å². The molecular formula is C15H20ClNO2. The molecule has 0 saturated carbocycles. The number of halogens is 1. The number of amides is 1. The molecule has 1 fully saturated rings. The van der Waals surface area contributed by atoms with Crippen molar-refractivity contribution in [3.05, 3.63) is 34.9 Å². The highest BCUT2D eigenvalue weighted by Gasteiger charge is 2.34. The van der Waals surface area contributed by atoms with Crippen LogP contribution in [0.2, 0.25) is 5.02 Å². The molecule has 1 atom stereocenters. The van der Waals surface area contributed by atoms with Crippen LogP contribution in [0.4, 0.5) is 0 Å². The van der Waals surface area contributed by atoms with Gasteiger partial charge in [-0.3, -0.25) is 4.79 Å². The topological polar surface area (TPSA) is 40.5 Å². The number of hydrogen-bond acceptors (Lipinski definition) is 2. The van der Waals surface area contributed by atoms with Crippen LogP contribution in [0.5, 0.6) is 0 Å². The fourth-order valence-electron chi connectivity index (χ4n) is 2.57. The van der Waals surface area contributed by atoms with E-state index in [2.05, 4.69) is 6.07 Å². The minimum atomic E-state index is -1.27. The van der Waals surface area contributed by atoms with Gasteiger partial charge in [-0.15, -0.1) is 0 Å². The maximum atomic E-state index is 12.0. The Morgan fingerprint density at radius 3 is 2.89 bits per heavy atom. The van der Waals surface area contributed by atoms with Crippen LogP contribution in [0.3, 0.4) is 0 Å². The van der Waals surface area contributed by atoms with Gasteiger partial charge in [0, 0.05) is 18.1 Å². The Kier molecular flexibility index (Phi) is 4.16. The molecule has 0 radical (unpaired) electrons. The van der Waals surface area contributed by atoms with Gasteiger partial charge in [-0.2, -0.15) is 0 Å². The van der Waals surface area contributed by atoms with Crippen LogP contribution in [0.25, 0.3) is 0 Å². The smallest absolute Gasteiger partial charge is 0.253 e. The molecule has 0 aromatic heterocycles. The fourth-order valence-corrected chi connectivity index (χ4v) is 2.78. The highest BCUT2D eigenvalue weighted by atomic mass is 35.5.